The van der Waals surface area contributed by atoms with Gasteiger partial charge in [-0.3, -0.25) is 4.79 Å². The first-order chi connectivity index (χ1) is 19.2. The minimum absolute atomic E-state index is 0.0174. The molecule has 5 aliphatic carbocycles. The standard InChI is InChI=1S/C36H62N2O3/c1-23(2)24-14-18-32(3)20-21-35(6)25(29(24)32)12-13-28-33(4)16-10-17-34(5,27(33)15-19-36(28,35)7)31(41)38-26(30(39)40)11-8-9-22-37/h23-29H,8-22,37H2,1-7H3,(H,38,41)(H,39,40)/t24-,25+,26-,27+,28?,29+,32+,33-,34?,35+,36+/m0/s1. The Balaban J connectivity index is 1.42. The normalized spacial score (nSPS) is 48.0. The number of unbranched alkanes of at least 4 members (excludes halogenated alkanes) is 1. The van der Waals surface area contributed by atoms with Crippen LogP contribution < -0.4 is 11.1 Å². The van der Waals surface area contributed by atoms with Crippen LogP contribution in [0.1, 0.15) is 138 Å². The van der Waals surface area contributed by atoms with Gasteiger partial charge < -0.3 is 16.2 Å². The zero-order chi connectivity index (χ0) is 30.0. The first-order valence-electron chi connectivity index (χ1n) is 17.4. The third-order valence-corrected chi connectivity index (χ3v) is 15.3. The number of hydrogen-bond acceptors (Lipinski definition) is 3. The van der Waals surface area contributed by atoms with E-state index in [0.717, 1.165) is 55.8 Å². The fraction of sp³-hybridized carbons (Fsp3) is 0.944. The van der Waals surface area contributed by atoms with E-state index < -0.39 is 17.4 Å². The van der Waals surface area contributed by atoms with Crippen molar-refractivity contribution in [2.24, 2.45) is 68.3 Å². The van der Waals surface area contributed by atoms with Crippen molar-refractivity contribution in [3.05, 3.63) is 0 Å². The Bertz CT molecular complexity index is 1010. The number of amides is 1. The summed E-state index contributed by atoms with van der Waals surface area (Å²) < 4.78 is 0. The van der Waals surface area contributed by atoms with Gasteiger partial charge in [0.05, 0.1) is 0 Å². The van der Waals surface area contributed by atoms with Gasteiger partial charge in [-0.2, -0.15) is 0 Å². The predicted molar refractivity (Wildman–Crippen MR) is 166 cm³/mol. The van der Waals surface area contributed by atoms with Crippen molar-refractivity contribution >= 4 is 11.9 Å². The number of carbonyl (C=O) groups is 2. The lowest BCUT2D eigenvalue weighted by Gasteiger charge is -2.72. The van der Waals surface area contributed by atoms with Crippen molar-refractivity contribution in [3.8, 4) is 0 Å². The van der Waals surface area contributed by atoms with Crippen molar-refractivity contribution in [1.82, 2.24) is 5.32 Å². The molecule has 11 atom stereocenters. The van der Waals surface area contributed by atoms with Crippen LogP contribution in [-0.4, -0.2) is 29.6 Å². The second-order valence-corrected chi connectivity index (χ2v) is 17.2. The Hall–Kier alpha value is -1.10. The van der Waals surface area contributed by atoms with E-state index in [2.05, 4.69) is 53.8 Å². The van der Waals surface area contributed by atoms with Gasteiger partial charge in [-0.25, -0.2) is 4.79 Å². The van der Waals surface area contributed by atoms with Gasteiger partial charge in [0, 0.05) is 5.41 Å². The summed E-state index contributed by atoms with van der Waals surface area (Å²) in [4.78, 5) is 26.1. The quantitative estimate of drug-likeness (QED) is 0.260. The molecular weight excluding hydrogens is 508 g/mol. The fourth-order valence-electron chi connectivity index (χ4n) is 12.9. The molecule has 0 bridgehead atoms. The summed E-state index contributed by atoms with van der Waals surface area (Å²) in [5, 5.41) is 12.9. The molecule has 0 aromatic heterocycles. The van der Waals surface area contributed by atoms with E-state index in [1.54, 1.807) is 0 Å². The molecule has 5 saturated carbocycles. The molecule has 41 heavy (non-hydrogen) atoms. The molecule has 234 valence electrons. The van der Waals surface area contributed by atoms with Crippen LogP contribution in [0.2, 0.25) is 0 Å². The molecule has 0 aromatic rings. The van der Waals surface area contributed by atoms with E-state index in [4.69, 9.17) is 5.73 Å². The van der Waals surface area contributed by atoms with E-state index in [1.165, 1.54) is 51.4 Å². The summed E-state index contributed by atoms with van der Waals surface area (Å²) in [7, 11) is 0. The molecule has 5 heteroatoms. The Labute approximate surface area is 250 Å². The zero-order valence-corrected chi connectivity index (χ0v) is 27.5. The highest BCUT2D eigenvalue weighted by molar-refractivity contribution is 5.87. The predicted octanol–water partition coefficient (Wildman–Crippen LogP) is 7.81. The van der Waals surface area contributed by atoms with Crippen LogP contribution in [0.4, 0.5) is 0 Å². The Morgan fingerprint density at radius 2 is 1.59 bits per heavy atom. The fourth-order valence-corrected chi connectivity index (χ4v) is 12.9. The maximum atomic E-state index is 14.1. The summed E-state index contributed by atoms with van der Waals surface area (Å²) in [6.07, 6.45) is 15.7. The van der Waals surface area contributed by atoms with Gasteiger partial charge in [0.2, 0.25) is 5.91 Å². The van der Waals surface area contributed by atoms with Crippen LogP contribution in [0.25, 0.3) is 0 Å². The molecule has 5 nitrogen and oxygen atoms in total. The second kappa shape index (κ2) is 10.8. The van der Waals surface area contributed by atoms with Gasteiger partial charge in [-0.05, 0) is 147 Å². The smallest absolute Gasteiger partial charge is 0.326 e. The summed E-state index contributed by atoms with van der Waals surface area (Å²) in [5.41, 5.74) is 6.45. The van der Waals surface area contributed by atoms with Crippen LogP contribution in [0, 0.1) is 62.6 Å². The van der Waals surface area contributed by atoms with Crippen molar-refractivity contribution < 1.29 is 14.7 Å². The van der Waals surface area contributed by atoms with Crippen LogP contribution in [0.3, 0.4) is 0 Å². The van der Waals surface area contributed by atoms with Crippen molar-refractivity contribution in [1.29, 1.82) is 0 Å². The molecule has 0 aromatic carbocycles. The average molecular weight is 571 g/mol. The molecule has 5 fully saturated rings. The van der Waals surface area contributed by atoms with Crippen LogP contribution in [0.5, 0.6) is 0 Å². The summed E-state index contributed by atoms with van der Waals surface area (Å²) in [6.45, 7) is 18.2. The number of rotatable bonds is 8. The molecule has 0 spiro atoms. The zero-order valence-electron chi connectivity index (χ0n) is 27.5. The lowest BCUT2D eigenvalue weighted by atomic mass is 9.32. The van der Waals surface area contributed by atoms with Crippen LogP contribution >= 0.6 is 0 Å². The molecule has 0 radical (unpaired) electrons. The number of carbonyl (C=O) groups excluding carboxylic acids is 1. The van der Waals surface area contributed by atoms with Gasteiger partial charge in [0.1, 0.15) is 6.04 Å². The Kier molecular flexibility index (Phi) is 8.26. The lowest BCUT2D eigenvalue weighted by molar-refractivity contribution is -0.237. The SMILES string of the molecule is CC(C)[C@@H]1CC[C@]2(C)CC[C@]3(C)[C@H](CCC4[C@@]5(C)CCCC(C)(C(=O)N[C@@H](CCCCN)C(=O)O)[C@@H]5CC[C@]43C)[C@@H]12. The van der Waals surface area contributed by atoms with Gasteiger partial charge >= 0.3 is 5.97 Å². The molecule has 1 amide bonds. The minimum Gasteiger partial charge on any atom is -0.480 e. The number of carboxylic acid groups (broad SMARTS) is 1. The summed E-state index contributed by atoms with van der Waals surface area (Å²) >= 11 is 0. The molecule has 2 unspecified atom stereocenters. The highest BCUT2D eigenvalue weighted by Gasteiger charge is 2.70. The minimum atomic E-state index is -0.920. The van der Waals surface area contributed by atoms with Crippen LogP contribution in [-0.2, 0) is 9.59 Å². The average Bonchev–Trinajstić information content (AvgIpc) is 3.26. The van der Waals surface area contributed by atoms with Gasteiger partial charge in [-0.15, -0.1) is 0 Å². The maximum absolute atomic E-state index is 14.1. The first kappa shape index (κ1) is 31.3. The largest absolute Gasteiger partial charge is 0.480 e. The number of fused-ring (bicyclic) bond motifs is 7. The monoisotopic (exact) mass is 570 g/mol. The van der Waals surface area contributed by atoms with E-state index in [1.807, 2.05) is 0 Å². The number of hydrogen-bond donors (Lipinski definition) is 3. The molecule has 0 heterocycles. The number of aliphatic carboxylic acids is 1. The Morgan fingerprint density at radius 1 is 0.854 bits per heavy atom. The van der Waals surface area contributed by atoms with Crippen molar-refractivity contribution in [2.45, 2.75) is 144 Å². The number of nitrogens with one attached hydrogen (secondary N) is 1. The maximum Gasteiger partial charge on any atom is 0.326 e. The highest BCUT2D eigenvalue weighted by Crippen LogP contribution is 2.77. The first-order valence-corrected chi connectivity index (χ1v) is 17.4. The van der Waals surface area contributed by atoms with E-state index in [9.17, 15) is 14.7 Å². The summed E-state index contributed by atoms with van der Waals surface area (Å²) in [6, 6.07) is -0.820. The van der Waals surface area contributed by atoms with Gasteiger partial charge in [-0.1, -0.05) is 54.9 Å². The second-order valence-electron chi connectivity index (χ2n) is 17.2. The lowest BCUT2D eigenvalue weighted by Crippen LogP contribution is -2.67. The third kappa shape index (κ3) is 4.63. The van der Waals surface area contributed by atoms with Crippen molar-refractivity contribution in [3.63, 3.8) is 0 Å². The van der Waals surface area contributed by atoms with Gasteiger partial charge in [0.15, 0.2) is 0 Å². The van der Waals surface area contributed by atoms with Crippen LogP contribution in [0.15, 0.2) is 0 Å². The molecule has 5 aliphatic rings. The molecule has 5 rings (SSSR count). The summed E-state index contributed by atoms with van der Waals surface area (Å²) in [5.74, 6) is 3.32. The molecule has 4 N–H and O–H groups in total. The number of carboxylic acids is 1. The van der Waals surface area contributed by atoms with E-state index >= 15 is 0 Å². The highest BCUT2D eigenvalue weighted by atomic mass is 16.4. The molecule has 0 saturated heterocycles. The van der Waals surface area contributed by atoms with E-state index in [0.29, 0.717) is 41.0 Å². The molecule has 0 aliphatic heterocycles. The van der Waals surface area contributed by atoms with E-state index in [-0.39, 0.29) is 11.3 Å². The third-order valence-electron chi connectivity index (χ3n) is 15.3. The Morgan fingerprint density at radius 3 is 2.24 bits per heavy atom. The number of nitrogens with two attached hydrogens (primary N) is 1. The van der Waals surface area contributed by atoms with Gasteiger partial charge in [0.25, 0.3) is 0 Å². The molecular formula is C36H62N2O3. The topological polar surface area (TPSA) is 92.4 Å². The van der Waals surface area contributed by atoms with Crippen molar-refractivity contribution in [2.75, 3.05) is 6.54 Å².